The smallest absolute Gasteiger partial charge is 0.255 e. The first-order valence-electron chi connectivity index (χ1n) is 4.77. The van der Waals surface area contributed by atoms with Crippen molar-refractivity contribution in [3.05, 3.63) is 64.6 Å². The van der Waals surface area contributed by atoms with Crippen LogP contribution in [-0.2, 0) is 0 Å². The molecule has 0 unspecified atom stereocenters. The second-order valence-corrected chi connectivity index (χ2v) is 3.24. The van der Waals surface area contributed by atoms with Gasteiger partial charge in [0.25, 0.3) is 5.56 Å². The quantitative estimate of drug-likeness (QED) is 0.469. The Labute approximate surface area is 92.1 Å². The van der Waals surface area contributed by atoms with Gasteiger partial charge in [0.05, 0.1) is 6.21 Å². The summed E-state index contributed by atoms with van der Waals surface area (Å²) in [6, 6.07) is 12.1. The van der Waals surface area contributed by atoms with Gasteiger partial charge in [-0.1, -0.05) is 23.4 Å². The second-order valence-electron chi connectivity index (χ2n) is 3.24. The molecule has 0 saturated carbocycles. The van der Waals surface area contributed by atoms with Crippen LogP contribution in [0.25, 0.3) is 5.69 Å². The SMILES string of the molecule is O=c1ccccn1-c1ccc(/C=N/O)cc1. The fourth-order valence-corrected chi connectivity index (χ4v) is 1.43. The lowest BCUT2D eigenvalue weighted by Crippen LogP contribution is -2.15. The van der Waals surface area contributed by atoms with Crippen molar-refractivity contribution < 1.29 is 5.21 Å². The molecule has 0 spiro atoms. The average molecular weight is 214 g/mol. The molecule has 16 heavy (non-hydrogen) atoms. The Bertz CT molecular complexity index is 556. The van der Waals surface area contributed by atoms with Gasteiger partial charge in [-0.3, -0.25) is 9.36 Å². The zero-order chi connectivity index (χ0) is 11.4. The highest BCUT2D eigenvalue weighted by Gasteiger charge is 1.97. The molecule has 0 fully saturated rings. The van der Waals surface area contributed by atoms with Crippen LogP contribution >= 0.6 is 0 Å². The third-order valence-corrected chi connectivity index (χ3v) is 2.20. The highest BCUT2D eigenvalue weighted by atomic mass is 16.4. The van der Waals surface area contributed by atoms with E-state index in [1.807, 2.05) is 0 Å². The molecule has 0 radical (unpaired) electrons. The average Bonchev–Trinajstić information content (AvgIpc) is 2.31. The van der Waals surface area contributed by atoms with Gasteiger partial charge >= 0.3 is 0 Å². The predicted octanol–water partition coefficient (Wildman–Crippen LogP) is 1.65. The van der Waals surface area contributed by atoms with Crippen molar-refractivity contribution in [3.63, 3.8) is 0 Å². The Balaban J connectivity index is 2.43. The highest BCUT2D eigenvalue weighted by molar-refractivity contribution is 5.79. The Kier molecular flexibility index (Phi) is 2.82. The fraction of sp³-hybridized carbons (Fsp3) is 0. The Hall–Kier alpha value is -2.36. The van der Waals surface area contributed by atoms with Crippen molar-refractivity contribution in [2.75, 3.05) is 0 Å². The molecule has 0 aliphatic carbocycles. The topological polar surface area (TPSA) is 54.6 Å². The number of hydrogen-bond acceptors (Lipinski definition) is 3. The summed E-state index contributed by atoms with van der Waals surface area (Å²) in [7, 11) is 0. The van der Waals surface area contributed by atoms with Gasteiger partial charge in [-0.15, -0.1) is 0 Å². The summed E-state index contributed by atoms with van der Waals surface area (Å²) in [5.41, 5.74) is 1.47. The maximum atomic E-state index is 11.5. The number of hydrogen-bond donors (Lipinski definition) is 1. The standard InChI is InChI=1S/C12H10N2O2/c15-12-3-1-2-8-14(12)11-6-4-10(5-7-11)9-13-16/h1-9,16H/b13-9+. The minimum atomic E-state index is -0.0777. The molecule has 1 heterocycles. The van der Waals surface area contributed by atoms with E-state index in [-0.39, 0.29) is 5.56 Å². The molecular weight excluding hydrogens is 204 g/mol. The molecule has 4 heteroatoms. The van der Waals surface area contributed by atoms with Crippen LogP contribution in [0.4, 0.5) is 0 Å². The molecule has 0 bridgehead atoms. The maximum Gasteiger partial charge on any atom is 0.255 e. The van der Waals surface area contributed by atoms with Crippen LogP contribution in [0, 0.1) is 0 Å². The number of benzene rings is 1. The van der Waals surface area contributed by atoms with Crippen molar-refractivity contribution in [2.24, 2.45) is 5.16 Å². The third-order valence-electron chi connectivity index (χ3n) is 2.20. The van der Waals surface area contributed by atoms with Gasteiger partial charge in [0.15, 0.2) is 0 Å². The van der Waals surface area contributed by atoms with E-state index < -0.39 is 0 Å². The van der Waals surface area contributed by atoms with Gasteiger partial charge in [-0.05, 0) is 23.8 Å². The van der Waals surface area contributed by atoms with Crippen LogP contribution in [0.5, 0.6) is 0 Å². The number of nitrogens with zero attached hydrogens (tertiary/aromatic N) is 2. The first-order valence-corrected chi connectivity index (χ1v) is 4.77. The summed E-state index contributed by atoms with van der Waals surface area (Å²) in [5.74, 6) is 0. The normalized spacial score (nSPS) is 10.8. The van der Waals surface area contributed by atoms with Crippen LogP contribution in [-0.4, -0.2) is 16.0 Å². The molecule has 0 amide bonds. The van der Waals surface area contributed by atoms with E-state index in [1.54, 1.807) is 47.2 Å². The van der Waals surface area contributed by atoms with E-state index >= 15 is 0 Å². The van der Waals surface area contributed by atoms with E-state index in [9.17, 15) is 4.79 Å². The third kappa shape index (κ3) is 2.00. The van der Waals surface area contributed by atoms with Crippen molar-refractivity contribution in [3.8, 4) is 5.69 Å². The molecule has 0 atom stereocenters. The van der Waals surface area contributed by atoms with Crippen molar-refractivity contribution in [1.82, 2.24) is 4.57 Å². The molecule has 1 N–H and O–H groups in total. The second kappa shape index (κ2) is 4.44. The molecule has 4 nitrogen and oxygen atoms in total. The lowest BCUT2D eigenvalue weighted by atomic mass is 10.2. The molecule has 2 rings (SSSR count). The van der Waals surface area contributed by atoms with Crippen LogP contribution in [0.3, 0.4) is 0 Å². The Morgan fingerprint density at radius 1 is 1.12 bits per heavy atom. The molecule has 0 aliphatic heterocycles. The lowest BCUT2D eigenvalue weighted by Gasteiger charge is -2.04. The van der Waals surface area contributed by atoms with Crippen LogP contribution in [0.2, 0.25) is 0 Å². The van der Waals surface area contributed by atoms with Crippen molar-refractivity contribution in [1.29, 1.82) is 0 Å². The van der Waals surface area contributed by atoms with Crippen molar-refractivity contribution >= 4 is 6.21 Å². The van der Waals surface area contributed by atoms with Crippen LogP contribution < -0.4 is 5.56 Å². The zero-order valence-electron chi connectivity index (χ0n) is 8.45. The van der Waals surface area contributed by atoms with E-state index in [2.05, 4.69) is 5.16 Å². The molecule has 80 valence electrons. The summed E-state index contributed by atoms with van der Waals surface area (Å²) in [5, 5.41) is 11.3. The lowest BCUT2D eigenvalue weighted by molar-refractivity contribution is 0.322. The number of pyridine rings is 1. The summed E-state index contributed by atoms with van der Waals surface area (Å²) >= 11 is 0. The number of oxime groups is 1. The van der Waals surface area contributed by atoms with Gasteiger partial charge < -0.3 is 5.21 Å². The predicted molar refractivity (Wildman–Crippen MR) is 61.4 cm³/mol. The fourth-order valence-electron chi connectivity index (χ4n) is 1.43. The molecule has 0 aliphatic rings. The van der Waals surface area contributed by atoms with E-state index in [4.69, 9.17) is 5.21 Å². The Morgan fingerprint density at radius 2 is 1.88 bits per heavy atom. The van der Waals surface area contributed by atoms with Gasteiger partial charge in [0.2, 0.25) is 0 Å². The Morgan fingerprint density at radius 3 is 2.50 bits per heavy atom. The largest absolute Gasteiger partial charge is 0.411 e. The number of aromatic nitrogens is 1. The van der Waals surface area contributed by atoms with Crippen molar-refractivity contribution in [2.45, 2.75) is 0 Å². The van der Waals surface area contributed by atoms with Crippen LogP contribution in [0.1, 0.15) is 5.56 Å². The molecule has 2 aromatic rings. The van der Waals surface area contributed by atoms with Crippen LogP contribution in [0.15, 0.2) is 58.6 Å². The van der Waals surface area contributed by atoms with Gasteiger partial charge in [-0.2, -0.15) is 0 Å². The highest BCUT2D eigenvalue weighted by Crippen LogP contribution is 2.06. The molecular formula is C12H10N2O2. The first-order chi connectivity index (χ1) is 7.81. The molecule has 1 aromatic heterocycles. The minimum Gasteiger partial charge on any atom is -0.411 e. The molecule has 1 aromatic carbocycles. The van der Waals surface area contributed by atoms with Gasteiger partial charge in [-0.25, -0.2) is 0 Å². The maximum absolute atomic E-state index is 11.5. The summed E-state index contributed by atoms with van der Waals surface area (Å²) in [6.45, 7) is 0. The summed E-state index contributed by atoms with van der Waals surface area (Å²) in [6.07, 6.45) is 3.04. The number of rotatable bonds is 2. The minimum absolute atomic E-state index is 0.0777. The van der Waals surface area contributed by atoms with E-state index in [0.29, 0.717) is 0 Å². The van der Waals surface area contributed by atoms with Gasteiger partial charge in [0.1, 0.15) is 0 Å². The summed E-state index contributed by atoms with van der Waals surface area (Å²) in [4.78, 5) is 11.5. The summed E-state index contributed by atoms with van der Waals surface area (Å²) < 4.78 is 1.54. The first kappa shape index (κ1) is 10.2. The van der Waals surface area contributed by atoms with E-state index in [0.717, 1.165) is 11.3 Å². The monoisotopic (exact) mass is 214 g/mol. The zero-order valence-corrected chi connectivity index (χ0v) is 8.45. The van der Waals surface area contributed by atoms with E-state index in [1.165, 1.54) is 12.3 Å². The van der Waals surface area contributed by atoms with Gasteiger partial charge in [0, 0.05) is 18.0 Å². The molecule has 0 saturated heterocycles.